The molecule has 4 rings (SSSR count). The van der Waals surface area contributed by atoms with Gasteiger partial charge >= 0.3 is 0 Å². The fourth-order valence-corrected chi connectivity index (χ4v) is 3.84. The zero-order valence-electron chi connectivity index (χ0n) is 17.1. The molecular formula is C21H25ClN6O3. The Balaban J connectivity index is 1.23. The van der Waals surface area contributed by atoms with Gasteiger partial charge in [0.2, 0.25) is 11.8 Å². The number of ether oxygens (including phenoxy) is 1. The van der Waals surface area contributed by atoms with E-state index in [2.05, 4.69) is 25.7 Å². The molecule has 31 heavy (non-hydrogen) atoms. The third-order valence-corrected chi connectivity index (χ3v) is 5.63. The van der Waals surface area contributed by atoms with Crippen molar-refractivity contribution >= 4 is 40.6 Å². The van der Waals surface area contributed by atoms with Crippen LogP contribution in [0.4, 0.5) is 17.2 Å². The van der Waals surface area contributed by atoms with Crippen molar-refractivity contribution in [3.8, 4) is 0 Å². The normalized spacial score (nSPS) is 18.9. The minimum absolute atomic E-state index is 0.0594. The van der Waals surface area contributed by atoms with Crippen LogP contribution >= 0.6 is 11.6 Å². The van der Waals surface area contributed by atoms with E-state index in [1.54, 1.807) is 35.4 Å². The molecule has 0 bridgehead atoms. The lowest BCUT2D eigenvalue weighted by Gasteiger charge is -2.28. The van der Waals surface area contributed by atoms with Gasteiger partial charge in [-0.1, -0.05) is 11.6 Å². The summed E-state index contributed by atoms with van der Waals surface area (Å²) in [6.45, 7) is 4.37. The summed E-state index contributed by atoms with van der Waals surface area (Å²) in [5, 5.41) is 14.8. The third-order valence-electron chi connectivity index (χ3n) is 5.38. The molecular weight excluding hydrogens is 420 g/mol. The van der Waals surface area contributed by atoms with Crippen molar-refractivity contribution in [3.05, 3.63) is 41.6 Å². The van der Waals surface area contributed by atoms with Gasteiger partial charge in [0.1, 0.15) is 0 Å². The maximum Gasteiger partial charge on any atom is 0.227 e. The van der Waals surface area contributed by atoms with Crippen LogP contribution < -0.4 is 20.4 Å². The predicted octanol–water partition coefficient (Wildman–Crippen LogP) is 1.55. The zero-order valence-corrected chi connectivity index (χ0v) is 17.8. The second-order valence-corrected chi connectivity index (χ2v) is 7.93. The van der Waals surface area contributed by atoms with E-state index < -0.39 is 0 Å². The first-order chi connectivity index (χ1) is 15.1. The molecule has 2 amide bonds. The Hall–Kier alpha value is -2.91. The molecule has 9 nitrogen and oxygen atoms in total. The van der Waals surface area contributed by atoms with Crippen LogP contribution in [0.3, 0.4) is 0 Å². The van der Waals surface area contributed by atoms with Crippen molar-refractivity contribution in [2.75, 3.05) is 61.1 Å². The molecule has 1 aromatic carbocycles. The van der Waals surface area contributed by atoms with Gasteiger partial charge in [-0.3, -0.25) is 9.59 Å². The van der Waals surface area contributed by atoms with E-state index in [1.807, 2.05) is 6.07 Å². The van der Waals surface area contributed by atoms with E-state index in [-0.39, 0.29) is 24.2 Å². The van der Waals surface area contributed by atoms with Crippen LogP contribution in [-0.4, -0.2) is 67.9 Å². The van der Waals surface area contributed by atoms with Gasteiger partial charge in [-0.05, 0) is 24.3 Å². The number of anilines is 3. The smallest absolute Gasteiger partial charge is 0.227 e. The number of carbonyl (C=O) groups is 2. The summed E-state index contributed by atoms with van der Waals surface area (Å²) in [6, 6.07) is 8.99. The summed E-state index contributed by atoms with van der Waals surface area (Å²) < 4.78 is 5.38. The summed E-state index contributed by atoms with van der Waals surface area (Å²) in [7, 11) is 0. The molecule has 2 N–H and O–H groups in total. The second kappa shape index (κ2) is 9.93. The molecule has 2 aliphatic rings. The molecule has 3 heterocycles. The van der Waals surface area contributed by atoms with Gasteiger partial charge in [0.15, 0.2) is 5.82 Å². The zero-order chi connectivity index (χ0) is 21.6. The Labute approximate surface area is 185 Å². The Bertz CT molecular complexity index is 920. The number of hydrogen-bond donors (Lipinski definition) is 2. The largest absolute Gasteiger partial charge is 0.378 e. The monoisotopic (exact) mass is 444 g/mol. The van der Waals surface area contributed by atoms with Crippen LogP contribution in [0.15, 0.2) is 36.5 Å². The van der Waals surface area contributed by atoms with Crippen molar-refractivity contribution in [2.45, 2.75) is 6.42 Å². The number of nitrogens with zero attached hydrogens (tertiary/aromatic N) is 4. The van der Waals surface area contributed by atoms with E-state index in [0.717, 1.165) is 24.5 Å². The van der Waals surface area contributed by atoms with Gasteiger partial charge in [0, 0.05) is 55.9 Å². The quantitative estimate of drug-likeness (QED) is 0.625. The Kier molecular flexibility index (Phi) is 6.83. The van der Waals surface area contributed by atoms with Gasteiger partial charge in [-0.25, -0.2) is 0 Å². The van der Waals surface area contributed by atoms with Crippen LogP contribution in [0.1, 0.15) is 6.42 Å². The lowest BCUT2D eigenvalue weighted by molar-refractivity contribution is -0.126. The van der Waals surface area contributed by atoms with E-state index in [0.29, 0.717) is 43.7 Å². The van der Waals surface area contributed by atoms with E-state index in [9.17, 15) is 9.59 Å². The second-order valence-electron chi connectivity index (χ2n) is 7.50. The number of halogens is 1. The molecule has 2 aromatic rings. The van der Waals surface area contributed by atoms with Gasteiger partial charge in [-0.2, -0.15) is 5.10 Å². The number of morpholine rings is 1. The third kappa shape index (κ3) is 5.42. The number of carbonyl (C=O) groups excluding carboxylic acids is 2. The summed E-state index contributed by atoms with van der Waals surface area (Å²) in [5.74, 6) is 0.103. The summed E-state index contributed by atoms with van der Waals surface area (Å²) in [6.07, 6.45) is 1.94. The first kappa shape index (κ1) is 21.3. The highest BCUT2D eigenvalue weighted by molar-refractivity contribution is 6.30. The standard InChI is InChI=1S/C21H25ClN6O3/c22-16-1-3-17(4-2-16)28-14-15(11-20(28)29)21(30)24-6-5-23-19-12-18(13-25-26-19)27-7-9-31-10-8-27/h1-4,12-13,15H,5-11,14H2,(H,23,26)(H,24,30). The molecule has 0 aliphatic carbocycles. The number of rotatable bonds is 7. The van der Waals surface area contributed by atoms with Gasteiger partial charge in [0.05, 0.1) is 31.0 Å². The van der Waals surface area contributed by atoms with E-state index >= 15 is 0 Å². The van der Waals surface area contributed by atoms with Crippen molar-refractivity contribution in [3.63, 3.8) is 0 Å². The first-order valence-corrected chi connectivity index (χ1v) is 10.7. The number of amides is 2. The van der Waals surface area contributed by atoms with Gasteiger partial charge in [-0.15, -0.1) is 5.10 Å². The number of nitrogens with one attached hydrogen (secondary N) is 2. The van der Waals surface area contributed by atoms with Crippen LogP contribution in [0.5, 0.6) is 0 Å². The molecule has 2 saturated heterocycles. The average Bonchev–Trinajstić information content (AvgIpc) is 3.19. The van der Waals surface area contributed by atoms with Crippen molar-refractivity contribution in [1.82, 2.24) is 15.5 Å². The molecule has 0 spiro atoms. The Morgan fingerprint density at radius 1 is 1.16 bits per heavy atom. The maximum absolute atomic E-state index is 12.5. The lowest BCUT2D eigenvalue weighted by atomic mass is 10.1. The van der Waals surface area contributed by atoms with Crippen LogP contribution in [0, 0.1) is 5.92 Å². The highest BCUT2D eigenvalue weighted by Gasteiger charge is 2.34. The summed E-state index contributed by atoms with van der Waals surface area (Å²) >= 11 is 5.91. The number of aromatic nitrogens is 2. The Morgan fingerprint density at radius 3 is 2.71 bits per heavy atom. The van der Waals surface area contributed by atoms with Crippen LogP contribution in [-0.2, 0) is 14.3 Å². The fourth-order valence-electron chi connectivity index (χ4n) is 3.71. The van der Waals surface area contributed by atoms with Crippen molar-refractivity contribution in [1.29, 1.82) is 0 Å². The molecule has 164 valence electrons. The molecule has 2 fully saturated rings. The molecule has 10 heteroatoms. The van der Waals surface area contributed by atoms with E-state index in [4.69, 9.17) is 16.3 Å². The molecule has 1 atom stereocenters. The molecule has 1 aromatic heterocycles. The minimum atomic E-state index is -0.368. The highest BCUT2D eigenvalue weighted by Crippen LogP contribution is 2.26. The number of hydrogen-bond acceptors (Lipinski definition) is 7. The molecule has 2 aliphatic heterocycles. The molecule has 0 saturated carbocycles. The minimum Gasteiger partial charge on any atom is -0.378 e. The number of benzene rings is 1. The van der Waals surface area contributed by atoms with Gasteiger partial charge < -0.3 is 25.2 Å². The maximum atomic E-state index is 12.5. The van der Waals surface area contributed by atoms with Crippen LogP contribution in [0.2, 0.25) is 5.02 Å². The van der Waals surface area contributed by atoms with Crippen LogP contribution in [0.25, 0.3) is 0 Å². The summed E-state index contributed by atoms with van der Waals surface area (Å²) in [5.41, 5.74) is 1.75. The predicted molar refractivity (Wildman–Crippen MR) is 118 cm³/mol. The average molecular weight is 445 g/mol. The van der Waals surface area contributed by atoms with Gasteiger partial charge in [0.25, 0.3) is 0 Å². The fraction of sp³-hybridized carbons (Fsp3) is 0.429. The molecule has 0 radical (unpaired) electrons. The lowest BCUT2D eigenvalue weighted by Crippen LogP contribution is -2.36. The van der Waals surface area contributed by atoms with Crippen molar-refractivity contribution < 1.29 is 14.3 Å². The SMILES string of the molecule is O=C(NCCNc1cc(N2CCOCC2)cnn1)C1CC(=O)N(c2ccc(Cl)cc2)C1. The highest BCUT2D eigenvalue weighted by atomic mass is 35.5. The molecule has 1 unspecified atom stereocenters. The Morgan fingerprint density at radius 2 is 1.94 bits per heavy atom. The summed E-state index contributed by atoms with van der Waals surface area (Å²) in [4.78, 5) is 28.7. The van der Waals surface area contributed by atoms with Crippen molar-refractivity contribution in [2.24, 2.45) is 5.92 Å². The van der Waals surface area contributed by atoms with E-state index in [1.165, 1.54) is 0 Å². The topological polar surface area (TPSA) is 99.7 Å². The first-order valence-electron chi connectivity index (χ1n) is 10.3.